The fraction of sp³-hybridized carbons (Fsp3) is 0.600. The van der Waals surface area contributed by atoms with Gasteiger partial charge in [0.15, 0.2) is 0 Å². The summed E-state index contributed by atoms with van der Waals surface area (Å²) in [5, 5.41) is 9.94. The number of halogens is 1. The summed E-state index contributed by atoms with van der Waals surface area (Å²) in [7, 11) is 0. The van der Waals surface area contributed by atoms with E-state index in [1.54, 1.807) is 0 Å². The van der Waals surface area contributed by atoms with Gasteiger partial charge in [0.2, 0.25) is 0 Å². The molecule has 0 radical (unpaired) electrons. The van der Waals surface area contributed by atoms with E-state index in [1.165, 1.54) is 5.69 Å². The second-order valence-electron chi connectivity index (χ2n) is 4.94. The van der Waals surface area contributed by atoms with Crippen molar-refractivity contribution >= 4 is 29.9 Å². The third kappa shape index (κ3) is 5.52. The van der Waals surface area contributed by atoms with E-state index in [-0.39, 0.29) is 18.5 Å². The van der Waals surface area contributed by atoms with E-state index in [1.807, 2.05) is 11.8 Å². The maximum absolute atomic E-state index is 9.94. The van der Waals surface area contributed by atoms with Crippen LogP contribution < -0.4 is 4.90 Å². The van der Waals surface area contributed by atoms with Gasteiger partial charge in [-0.1, -0.05) is 25.1 Å². The van der Waals surface area contributed by atoms with E-state index in [0.717, 1.165) is 44.2 Å². The predicted octanol–water partition coefficient (Wildman–Crippen LogP) is 2.34. The van der Waals surface area contributed by atoms with Gasteiger partial charge < -0.3 is 10.0 Å². The molecule has 1 aromatic rings. The van der Waals surface area contributed by atoms with E-state index >= 15 is 0 Å². The maximum atomic E-state index is 9.94. The monoisotopic (exact) mass is 316 g/mol. The Hall–Kier alpha value is -0.420. The molecular weight excluding hydrogens is 292 g/mol. The Bertz CT molecular complexity index is 358. The number of nitrogens with zero attached hydrogens (tertiary/aromatic N) is 2. The van der Waals surface area contributed by atoms with Crippen LogP contribution in [0.15, 0.2) is 30.3 Å². The molecule has 1 saturated heterocycles. The van der Waals surface area contributed by atoms with Gasteiger partial charge in [-0.15, -0.1) is 12.4 Å². The van der Waals surface area contributed by atoms with Gasteiger partial charge in [-0.3, -0.25) is 4.90 Å². The van der Waals surface area contributed by atoms with Crippen molar-refractivity contribution in [2.75, 3.05) is 49.1 Å². The number of aliphatic hydroxyl groups is 1. The number of β-amino-alcohol motifs (C(OH)–C–C–N with tert-alkyl or cyclic N) is 1. The number of piperazine rings is 1. The molecule has 1 aromatic carbocycles. The van der Waals surface area contributed by atoms with Crippen molar-refractivity contribution in [3.8, 4) is 0 Å². The quantitative estimate of drug-likeness (QED) is 0.871. The molecule has 114 valence electrons. The van der Waals surface area contributed by atoms with Gasteiger partial charge in [0.05, 0.1) is 6.10 Å². The van der Waals surface area contributed by atoms with Crippen LogP contribution in [0, 0.1) is 0 Å². The highest BCUT2D eigenvalue weighted by atomic mass is 35.5. The number of rotatable bonds is 6. The summed E-state index contributed by atoms with van der Waals surface area (Å²) in [5.74, 6) is 1.94. The van der Waals surface area contributed by atoms with Crippen molar-refractivity contribution in [2.24, 2.45) is 0 Å². The molecule has 0 aliphatic carbocycles. The Balaban J connectivity index is 0.00000200. The molecule has 1 aliphatic heterocycles. The predicted molar refractivity (Wildman–Crippen MR) is 91.3 cm³/mol. The van der Waals surface area contributed by atoms with Gasteiger partial charge in [-0.25, -0.2) is 0 Å². The summed E-state index contributed by atoms with van der Waals surface area (Å²) in [6, 6.07) is 10.6. The normalized spacial score (nSPS) is 17.6. The summed E-state index contributed by atoms with van der Waals surface area (Å²) in [5.41, 5.74) is 1.31. The minimum atomic E-state index is -0.187. The summed E-state index contributed by atoms with van der Waals surface area (Å²) in [6.45, 7) is 7.15. The van der Waals surface area contributed by atoms with Crippen LogP contribution in [0.4, 0.5) is 5.69 Å². The Morgan fingerprint density at radius 1 is 1.15 bits per heavy atom. The zero-order chi connectivity index (χ0) is 13.5. The minimum absolute atomic E-state index is 0. The second kappa shape index (κ2) is 9.50. The first-order valence-corrected chi connectivity index (χ1v) is 8.23. The van der Waals surface area contributed by atoms with E-state index in [0.29, 0.717) is 0 Å². The van der Waals surface area contributed by atoms with Crippen LogP contribution in [0.1, 0.15) is 6.92 Å². The van der Waals surface area contributed by atoms with Gasteiger partial charge in [0, 0.05) is 44.2 Å². The molecule has 0 spiro atoms. The highest BCUT2D eigenvalue weighted by Crippen LogP contribution is 2.15. The van der Waals surface area contributed by atoms with Crippen LogP contribution in [0.5, 0.6) is 0 Å². The van der Waals surface area contributed by atoms with E-state index in [4.69, 9.17) is 0 Å². The van der Waals surface area contributed by atoms with Crippen LogP contribution in [-0.4, -0.2) is 60.3 Å². The molecule has 0 bridgehead atoms. The first-order chi connectivity index (χ1) is 9.29. The van der Waals surface area contributed by atoms with Gasteiger partial charge in [-0.2, -0.15) is 11.8 Å². The van der Waals surface area contributed by atoms with E-state index in [9.17, 15) is 5.11 Å². The summed E-state index contributed by atoms with van der Waals surface area (Å²) < 4.78 is 0. The highest BCUT2D eigenvalue weighted by Gasteiger charge is 2.19. The molecule has 1 atom stereocenters. The molecule has 1 N–H and O–H groups in total. The number of hydrogen-bond donors (Lipinski definition) is 1. The summed E-state index contributed by atoms with van der Waals surface area (Å²) >= 11 is 1.82. The fourth-order valence-electron chi connectivity index (χ4n) is 2.43. The molecule has 1 unspecified atom stereocenters. The van der Waals surface area contributed by atoms with Gasteiger partial charge in [0.1, 0.15) is 0 Å². The largest absolute Gasteiger partial charge is 0.391 e. The van der Waals surface area contributed by atoms with E-state index < -0.39 is 0 Å². The van der Waals surface area contributed by atoms with Gasteiger partial charge in [-0.05, 0) is 17.9 Å². The molecular formula is C15H25ClN2OS. The molecule has 5 heteroatoms. The van der Waals surface area contributed by atoms with Gasteiger partial charge >= 0.3 is 0 Å². The molecule has 2 rings (SSSR count). The summed E-state index contributed by atoms with van der Waals surface area (Å²) in [4.78, 5) is 4.80. The van der Waals surface area contributed by atoms with Crippen molar-refractivity contribution in [2.45, 2.75) is 13.0 Å². The van der Waals surface area contributed by atoms with E-state index in [2.05, 4.69) is 47.1 Å². The third-order valence-electron chi connectivity index (χ3n) is 3.48. The highest BCUT2D eigenvalue weighted by molar-refractivity contribution is 7.99. The first kappa shape index (κ1) is 17.6. The average molecular weight is 317 g/mol. The second-order valence-corrected chi connectivity index (χ2v) is 6.26. The van der Waals surface area contributed by atoms with Crippen molar-refractivity contribution in [1.82, 2.24) is 4.90 Å². The molecule has 0 saturated carbocycles. The lowest BCUT2D eigenvalue weighted by Gasteiger charge is -2.36. The third-order valence-corrected chi connectivity index (χ3v) is 4.51. The number of thioether (sulfide) groups is 1. The molecule has 0 amide bonds. The standard InChI is InChI=1S/C15H24N2OS.ClH/c1-2-19-13-15(18)12-16-8-10-17(11-9-16)14-6-4-3-5-7-14;/h3-7,15,18H,2,8-13H2,1H3;1H. The maximum Gasteiger partial charge on any atom is 0.0757 e. The van der Waals surface area contributed by atoms with Crippen LogP contribution in [0.3, 0.4) is 0 Å². The van der Waals surface area contributed by atoms with Gasteiger partial charge in [0.25, 0.3) is 0 Å². The Morgan fingerprint density at radius 3 is 2.40 bits per heavy atom. The average Bonchev–Trinajstić information content (AvgIpc) is 2.47. The zero-order valence-electron chi connectivity index (χ0n) is 12.1. The minimum Gasteiger partial charge on any atom is -0.391 e. The number of aliphatic hydroxyl groups excluding tert-OH is 1. The number of para-hydroxylation sites is 1. The Morgan fingerprint density at radius 2 is 1.80 bits per heavy atom. The molecule has 1 fully saturated rings. The zero-order valence-corrected chi connectivity index (χ0v) is 13.7. The molecule has 1 aliphatic rings. The first-order valence-electron chi connectivity index (χ1n) is 7.07. The lowest BCUT2D eigenvalue weighted by Crippen LogP contribution is -2.48. The number of hydrogen-bond acceptors (Lipinski definition) is 4. The topological polar surface area (TPSA) is 26.7 Å². The molecule has 0 aromatic heterocycles. The SMILES string of the molecule is CCSCC(O)CN1CCN(c2ccccc2)CC1.Cl. The van der Waals surface area contributed by atoms with Crippen LogP contribution in [-0.2, 0) is 0 Å². The lowest BCUT2D eigenvalue weighted by atomic mass is 10.2. The smallest absolute Gasteiger partial charge is 0.0757 e. The number of anilines is 1. The van der Waals surface area contributed by atoms with Crippen molar-refractivity contribution < 1.29 is 5.11 Å². The van der Waals surface area contributed by atoms with Crippen LogP contribution in [0.2, 0.25) is 0 Å². The Labute approximate surface area is 132 Å². The fourth-order valence-corrected chi connectivity index (χ4v) is 3.05. The van der Waals surface area contributed by atoms with Crippen molar-refractivity contribution in [3.63, 3.8) is 0 Å². The Kier molecular flexibility index (Phi) is 8.38. The molecule has 3 nitrogen and oxygen atoms in total. The van der Waals surface area contributed by atoms with Crippen molar-refractivity contribution in [3.05, 3.63) is 30.3 Å². The van der Waals surface area contributed by atoms with Crippen molar-refractivity contribution in [1.29, 1.82) is 0 Å². The lowest BCUT2D eigenvalue weighted by molar-refractivity contribution is 0.126. The summed E-state index contributed by atoms with van der Waals surface area (Å²) in [6.07, 6.45) is -0.187. The molecule has 1 heterocycles. The number of benzene rings is 1. The van der Waals surface area contributed by atoms with Crippen LogP contribution >= 0.6 is 24.2 Å². The molecule has 20 heavy (non-hydrogen) atoms. The van der Waals surface area contributed by atoms with Crippen LogP contribution in [0.25, 0.3) is 0 Å².